The predicted octanol–water partition coefficient (Wildman–Crippen LogP) is 1.01. The molecule has 1 atom stereocenters. The maximum absolute atomic E-state index is 12.5. The minimum absolute atomic E-state index is 0.168. The van der Waals surface area contributed by atoms with Crippen LogP contribution in [0.25, 0.3) is 0 Å². The van der Waals surface area contributed by atoms with E-state index in [1.165, 1.54) is 12.8 Å². The molecule has 2 fully saturated rings. The van der Waals surface area contributed by atoms with Crippen LogP contribution >= 0.6 is 0 Å². The van der Waals surface area contributed by atoms with Crippen LogP contribution in [0.5, 0.6) is 0 Å². The molecule has 2 aliphatic heterocycles. The van der Waals surface area contributed by atoms with Gasteiger partial charge >= 0.3 is 0 Å². The highest BCUT2D eigenvalue weighted by atomic mass is 16.5. The summed E-state index contributed by atoms with van der Waals surface area (Å²) < 4.78 is 5.54. The summed E-state index contributed by atoms with van der Waals surface area (Å²) in [6.45, 7) is 12.0. The summed E-state index contributed by atoms with van der Waals surface area (Å²) in [6, 6.07) is 0. The molecule has 7 nitrogen and oxygen atoms in total. The second-order valence-corrected chi connectivity index (χ2v) is 7.21. The summed E-state index contributed by atoms with van der Waals surface area (Å²) in [5.74, 6) is 1.14. The van der Waals surface area contributed by atoms with Gasteiger partial charge in [0.05, 0.1) is 6.54 Å². The number of hydrogen-bond donors (Lipinski definition) is 1. The molecule has 7 heteroatoms. The van der Waals surface area contributed by atoms with Gasteiger partial charge in [0.15, 0.2) is 5.96 Å². The monoisotopic (exact) mass is 367 g/mol. The zero-order chi connectivity index (χ0) is 18.8. The Morgan fingerprint density at radius 1 is 1.19 bits per heavy atom. The molecule has 0 radical (unpaired) electrons. The summed E-state index contributed by atoms with van der Waals surface area (Å²) in [6.07, 6.45) is 4.13. The van der Waals surface area contributed by atoms with Crippen LogP contribution in [0.1, 0.15) is 39.5 Å². The highest BCUT2D eigenvalue weighted by molar-refractivity contribution is 5.82. The standard InChI is InChI=1S/C19H37N5O2/c1-4-6-10-22(3)11-9-21-19(20-5-2)24-14-12-23(13-15-24)18(25)17-8-7-16-26-17/h17H,4-16H2,1-3H3,(H,20,21). The largest absolute Gasteiger partial charge is 0.368 e. The van der Waals surface area contributed by atoms with Gasteiger partial charge in [0.1, 0.15) is 6.10 Å². The van der Waals surface area contributed by atoms with Crippen LogP contribution in [0.3, 0.4) is 0 Å². The lowest BCUT2D eigenvalue weighted by Crippen LogP contribution is -2.55. The van der Waals surface area contributed by atoms with Gasteiger partial charge in [-0.1, -0.05) is 13.3 Å². The summed E-state index contributed by atoms with van der Waals surface area (Å²) in [4.78, 5) is 23.8. The van der Waals surface area contributed by atoms with E-state index in [-0.39, 0.29) is 12.0 Å². The van der Waals surface area contributed by atoms with E-state index in [2.05, 4.69) is 36.0 Å². The van der Waals surface area contributed by atoms with Gasteiger partial charge in [0.25, 0.3) is 5.91 Å². The zero-order valence-electron chi connectivity index (χ0n) is 16.9. The Bertz CT molecular complexity index is 443. The fourth-order valence-corrected chi connectivity index (χ4v) is 3.41. The van der Waals surface area contributed by atoms with Gasteiger partial charge in [0.2, 0.25) is 0 Å². The van der Waals surface area contributed by atoms with Crippen LogP contribution in [-0.4, -0.2) is 98.7 Å². The highest BCUT2D eigenvalue weighted by Crippen LogP contribution is 2.16. The van der Waals surface area contributed by atoms with E-state index >= 15 is 0 Å². The van der Waals surface area contributed by atoms with E-state index in [0.29, 0.717) is 0 Å². The number of carbonyl (C=O) groups is 1. The van der Waals surface area contributed by atoms with Crippen LogP contribution in [0.15, 0.2) is 4.99 Å². The van der Waals surface area contributed by atoms with Gasteiger partial charge in [-0.25, -0.2) is 0 Å². The Morgan fingerprint density at radius 2 is 1.92 bits per heavy atom. The fourth-order valence-electron chi connectivity index (χ4n) is 3.41. The number of amides is 1. The Hall–Kier alpha value is -1.34. The molecule has 150 valence electrons. The first-order chi connectivity index (χ1) is 12.7. The van der Waals surface area contributed by atoms with Gasteiger partial charge in [-0.15, -0.1) is 0 Å². The third-order valence-electron chi connectivity index (χ3n) is 5.07. The number of unbranched alkanes of at least 4 members (excludes halogenated alkanes) is 1. The molecule has 1 N–H and O–H groups in total. The molecule has 0 aromatic rings. The number of nitrogens with zero attached hydrogens (tertiary/aromatic N) is 4. The second-order valence-electron chi connectivity index (χ2n) is 7.21. The van der Waals surface area contributed by atoms with Crippen molar-refractivity contribution in [1.82, 2.24) is 20.0 Å². The van der Waals surface area contributed by atoms with Gasteiger partial charge in [-0.3, -0.25) is 9.79 Å². The number of likely N-dealkylation sites (N-methyl/N-ethyl adjacent to an activating group) is 1. The van der Waals surface area contributed by atoms with E-state index in [1.807, 2.05) is 4.90 Å². The number of piperazine rings is 1. The second kappa shape index (κ2) is 11.4. The lowest BCUT2D eigenvalue weighted by atomic mass is 10.2. The Balaban J connectivity index is 1.79. The molecule has 1 amide bonds. The lowest BCUT2D eigenvalue weighted by molar-refractivity contribution is -0.142. The van der Waals surface area contributed by atoms with Crippen molar-refractivity contribution in [3.63, 3.8) is 0 Å². The van der Waals surface area contributed by atoms with Crippen molar-refractivity contribution in [2.75, 3.05) is 66.0 Å². The molecule has 1 unspecified atom stereocenters. The van der Waals surface area contributed by atoms with Crippen LogP contribution in [0.2, 0.25) is 0 Å². The minimum Gasteiger partial charge on any atom is -0.368 e. The molecule has 2 rings (SSSR count). The molecule has 0 aromatic carbocycles. The third kappa shape index (κ3) is 6.43. The molecule has 0 aliphatic carbocycles. The predicted molar refractivity (Wildman–Crippen MR) is 106 cm³/mol. The van der Waals surface area contributed by atoms with E-state index in [0.717, 1.165) is 77.8 Å². The van der Waals surface area contributed by atoms with Crippen molar-refractivity contribution in [2.24, 2.45) is 4.99 Å². The summed E-state index contributed by atoms with van der Waals surface area (Å²) in [5, 5.41) is 3.40. The van der Waals surface area contributed by atoms with Crippen molar-refractivity contribution >= 4 is 11.9 Å². The Labute approximate surface area is 158 Å². The molecule has 0 saturated carbocycles. The maximum atomic E-state index is 12.5. The van der Waals surface area contributed by atoms with E-state index < -0.39 is 0 Å². The van der Waals surface area contributed by atoms with E-state index in [4.69, 9.17) is 9.73 Å². The topological polar surface area (TPSA) is 60.4 Å². The Kier molecular flexibility index (Phi) is 9.18. The van der Waals surface area contributed by atoms with Crippen molar-refractivity contribution in [3.8, 4) is 0 Å². The highest BCUT2D eigenvalue weighted by Gasteiger charge is 2.30. The first kappa shape index (κ1) is 21.0. The smallest absolute Gasteiger partial charge is 0.251 e. The van der Waals surface area contributed by atoms with E-state index in [9.17, 15) is 4.79 Å². The minimum atomic E-state index is -0.206. The normalized spacial score (nSPS) is 21.5. The lowest BCUT2D eigenvalue weighted by Gasteiger charge is -2.37. The number of carbonyl (C=O) groups excluding carboxylic acids is 1. The van der Waals surface area contributed by atoms with Gasteiger partial charge in [-0.2, -0.15) is 0 Å². The first-order valence-electron chi connectivity index (χ1n) is 10.3. The molecule has 0 aromatic heterocycles. The molecule has 26 heavy (non-hydrogen) atoms. The SMILES string of the molecule is CCCCN(C)CCN=C(NCC)N1CCN(C(=O)C2CCCO2)CC1. The quantitative estimate of drug-likeness (QED) is 0.512. The van der Waals surface area contributed by atoms with Gasteiger partial charge < -0.3 is 24.8 Å². The molecular weight excluding hydrogens is 330 g/mol. The molecule has 0 spiro atoms. The average Bonchev–Trinajstić information content (AvgIpc) is 3.20. The van der Waals surface area contributed by atoms with Crippen LogP contribution < -0.4 is 5.32 Å². The number of nitrogens with one attached hydrogen (secondary N) is 1. The van der Waals surface area contributed by atoms with Crippen molar-refractivity contribution in [3.05, 3.63) is 0 Å². The van der Waals surface area contributed by atoms with Crippen LogP contribution in [0.4, 0.5) is 0 Å². The number of hydrogen-bond acceptors (Lipinski definition) is 4. The number of rotatable bonds is 8. The van der Waals surface area contributed by atoms with Crippen molar-refractivity contribution in [1.29, 1.82) is 0 Å². The number of guanidine groups is 1. The molecule has 2 aliphatic rings. The third-order valence-corrected chi connectivity index (χ3v) is 5.07. The van der Waals surface area contributed by atoms with E-state index in [1.54, 1.807) is 0 Å². The molecule has 2 heterocycles. The van der Waals surface area contributed by atoms with Crippen molar-refractivity contribution in [2.45, 2.75) is 45.6 Å². The van der Waals surface area contributed by atoms with Crippen LogP contribution in [0, 0.1) is 0 Å². The zero-order valence-corrected chi connectivity index (χ0v) is 16.9. The Morgan fingerprint density at radius 3 is 2.54 bits per heavy atom. The average molecular weight is 368 g/mol. The maximum Gasteiger partial charge on any atom is 0.251 e. The molecular formula is C19H37N5O2. The van der Waals surface area contributed by atoms with Gasteiger partial charge in [-0.05, 0) is 39.8 Å². The number of aliphatic imine (C=N–C) groups is 1. The van der Waals surface area contributed by atoms with Crippen molar-refractivity contribution < 1.29 is 9.53 Å². The first-order valence-corrected chi connectivity index (χ1v) is 10.3. The molecule has 2 saturated heterocycles. The summed E-state index contributed by atoms with van der Waals surface area (Å²) in [5.41, 5.74) is 0. The fraction of sp³-hybridized carbons (Fsp3) is 0.895. The van der Waals surface area contributed by atoms with Crippen LogP contribution in [-0.2, 0) is 9.53 Å². The summed E-state index contributed by atoms with van der Waals surface area (Å²) in [7, 11) is 2.16. The van der Waals surface area contributed by atoms with Gasteiger partial charge in [0, 0.05) is 45.9 Å². The number of ether oxygens (including phenoxy) is 1. The molecule has 0 bridgehead atoms. The summed E-state index contributed by atoms with van der Waals surface area (Å²) >= 11 is 0.